The first-order valence-corrected chi connectivity index (χ1v) is 3.55. The van der Waals surface area contributed by atoms with Crippen molar-refractivity contribution in [1.82, 2.24) is 0 Å². The average molecular weight is 134 g/mol. The highest BCUT2D eigenvalue weighted by Gasteiger charge is 1.70. The summed E-state index contributed by atoms with van der Waals surface area (Å²) >= 11 is 0. The third-order valence-corrected chi connectivity index (χ3v) is 0.816. The average Bonchev–Trinajstić information content (AvgIpc) is 1.91. The lowest BCUT2D eigenvalue weighted by Gasteiger charge is -1.79. The molecule has 0 spiro atoms. The second kappa shape index (κ2) is 15.7. The highest BCUT2D eigenvalue weighted by atomic mass is 16.3. The first kappa shape index (κ1) is 11.7. The van der Waals surface area contributed by atoms with E-state index in [0.717, 1.165) is 0 Å². The molecular weight excluding hydrogens is 116 g/mol. The zero-order valence-corrected chi connectivity index (χ0v) is 6.43. The summed E-state index contributed by atoms with van der Waals surface area (Å²) in [7, 11) is 0. The fourth-order valence-corrected chi connectivity index (χ4v) is 0.0707. The maximum Gasteiger partial charge on any atom is 0.0452 e. The Kier molecular flexibility index (Phi) is 20.3. The zero-order valence-electron chi connectivity index (χ0n) is 6.43. The minimum Gasteiger partial charge on any atom is -0.396 e. The molecule has 0 atom stereocenters. The summed E-state index contributed by atoms with van der Waals surface area (Å²) in [6, 6.07) is 0. The van der Waals surface area contributed by atoms with Crippen LogP contribution in [0.15, 0.2) is 0 Å². The summed E-state index contributed by atoms with van der Waals surface area (Å²) in [5.41, 5.74) is 0. The van der Waals surface area contributed by atoms with Crippen LogP contribution in [0.5, 0.6) is 0 Å². The van der Waals surface area contributed by atoms with Crippen molar-refractivity contribution >= 4 is 0 Å². The van der Waals surface area contributed by atoms with E-state index in [9.17, 15) is 0 Å². The van der Waals surface area contributed by atoms with Gasteiger partial charge < -0.3 is 10.2 Å². The summed E-state index contributed by atoms with van der Waals surface area (Å²) in [5, 5.41) is 15.8. The molecule has 0 radical (unpaired) electrons. The summed E-state index contributed by atoms with van der Waals surface area (Å²) in [5.74, 6) is 0. The molecule has 0 aromatic rings. The second-order valence-electron chi connectivity index (χ2n) is 1.80. The maximum atomic E-state index is 7.91. The molecule has 0 aliphatic carbocycles. The van der Waals surface area contributed by atoms with Crippen molar-refractivity contribution in [3.63, 3.8) is 0 Å². The highest BCUT2D eigenvalue weighted by molar-refractivity contribution is 4.22. The lowest BCUT2D eigenvalue weighted by molar-refractivity contribution is 0.221. The molecule has 0 saturated heterocycles. The van der Waals surface area contributed by atoms with Gasteiger partial charge in [-0.1, -0.05) is 26.7 Å². The molecule has 0 aromatic heterocycles. The molecule has 0 aliphatic rings. The van der Waals surface area contributed by atoms with Crippen LogP contribution in [0, 0.1) is 0 Å². The monoisotopic (exact) mass is 134 g/mol. The van der Waals surface area contributed by atoms with Crippen molar-refractivity contribution in [1.29, 1.82) is 0 Å². The molecule has 0 amide bonds. The van der Waals surface area contributed by atoms with E-state index in [1.165, 1.54) is 12.8 Å². The Balaban J connectivity index is 0. The molecule has 0 aliphatic heterocycles. The van der Waals surface area contributed by atoms with Crippen LogP contribution in [0.1, 0.15) is 33.1 Å². The SMILES string of the molecule is CCCC.OCCCO. The van der Waals surface area contributed by atoms with Gasteiger partial charge in [0.15, 0.2) is 0 Å². The van der Waals surface area contributed by atoms with Gasteiger partial charge in [-0.25, -0.2) is 0 Å². The minimum absolute atomic E-state index is 0.0938. The van der Waals surface area contributed by atoms with Crippen LogP contribution in [0.2, 0.25) is 0 Å². The van der Waals surface area contributed by atoms with E-state index in [0.29, 0.717) is 6.42 Å². The topological polar surface area (TPSA) is 40.5 Å². The van der Waals surface area contributed by atoms with Gasteiger partial charge in [0.2, 0.25) is 0 Å². The van der Waals surface area contributed by atoms with Gasteiger partial charge in [0, 0.05) is 13.2 Å². The van der Waals surface area contributed by atoms with Crippen molar-refractivity contribution in [2.24, 2.45) is 0 Å². The Hall–Kier alpha value is -0.0800. The van der Waals surface area contributed by atoms with Crippen LogP contribution in [-0.2, 0) is 0 Å². The third kappa shape index (κ3) is 32.6. The fourth-order valence-electron chi connectivity index (χ4n) is 0.0707. The van der Waals surface area contributed by atoms with Crippen LogP contribution >= 0.6 is 0 Å². The maximum absolute atomic E-state index is 7.91. The molecule has 0 unspecified atom stereocenters. The van der Waals surface area contributed by atoms with E-state index >= 15 is 0 Å². The van der Waals surface area contributed by atoms with Gasteiger partial charge in [0.25, 0.3) is 0 Å². The Morgan fingerprint density at radius 2 is 1.22 bits per heavy atom. The van der Waals surface area contributed by atoms with E-state index in [1.807, 2.05) is 0 Å². The standard InChI is InChI=1S/C4H10.C3H8O2/c1-3-4-2;4-2-1-3-5/h3-4H2,1-2H3;4-5H,1-3H2. The van der Waals surface area contributed by atoms with E-state index < -0.39 is 0 Å². The normalized spacial score (nSPS) is 8.00. The Labute approximate surface area is 57.5 Å². The van der Waals surface area contributed by atoms with Crippen molar-refractivity contribution in [2.75, 3.05) is 13.2 Å². The summed E-state index contributed by atoms with van der Waals surface area (Å²) in [6.45, 7) is 4.55. The lowest BCUT2D eigenvalue weighted by atomic mass is 10.4. The van der Waals surface area contributed by atoms with Gasteiger partial charge in [0.05, 0.1) is 0 Å². The fraction of sp³-hybridized carbons (Fsp3) is 1.00. The van der Waals surface area contributed by atoms with Crippen LogP contribution < -0.4 is 0 Å². The molecule has 2 heteroatoms. The predicted molar refractivity (Wildman–Crippen MR) is 39.4 cm³/mol. The van der Waals surface area contributed by atoms with Crippen molar-refractivity contribution in [3.05, 3.63) is 0 Å². The second-order valence-corrected chi connectivity index (χ2v) is 1.80. The van der Waals surface area contributed by atoms with E-state index in [1.54, 1.807) is 0 Å². The first-order valence-electron chi connectivity index (χ1n) is 3.55. The number of hydrogen-bond donors (Lipinski definition) is 2. The van der Waals surface area contributed by atoms with Gasteiger partial charge in [0.1, 0.15) is 0 Å². The number of hydrogen-bond acceptors (Lipinski definition) is 2. The van der Waals surface area contributed by atoms with Crippen molar-refractivity contribution in [2.45, 2.75) is 33.1 Å². The number of aliphatic hydroxyl groups is 2. The van der Waals surface area contributed by atoms with Gasteiger partial charge in [-0.2, -0.15) is 0 Å². The molecule has 58 valence electrons. The minimum atomic E-state index is 0.0938. The Morgan fingerprint density at radius 3 is 1.22 bits per heavy atom. The summed E-state index contributed by atoms with van der Waals surface area (Å²) < 4.78 is 0. The van der Waals surface area contributed by atoms with Crippen LogP contribution in [0.3, 0.4) is 0 Å². The Morgan fingerprint density at radius 1 is 0.889 bits per heavy atom. The largest absolute Gasteiger partial charge is 0.396 e. The van der Waals surface area contributed by atoms with Gasteiger partial charge in [-0.05, 0) is 6.42 Å². The van der Waals surface area contributed by atoms with Gasteiger partial charge in [-0.15, -0.1) is 0 Å². The highest BCUT2D eigenvalue weighted by Crippen LogP contribution is 1.76. The molecule has 0 saturated carbocycles. The molecule has 0 aromatic carbocycles. The van der Waals surface area contributed by atoms with E-state index in [4.69, 9.17) is 10.2 Å². The van der Waals surface area contributed by atoms with E-state index in [-0.39, 0.29) is 13.2 Å². The van der Waals surface area contributed by atoms with Crippen LogP contribution in [0.4, 0.5) is 0 Å². The van der Waals surface area contributed by atoms with Crippen molar-refractivity contribution in [3.8, 4) is 0 Å². The number of rotatable bonds is 3. The molecular formula is C7H18O2. The first-order chi connectivity index (χ1) is 4.33. The molecule has 0 rings (SSSR count). The number of aliphatic hydroxyl groups excluding tert-OH is 2. The molecule has 9 heavy (non-hydrogen) atoms. The van der Waals surface area contributed by atoms with E-state index in [2.05, 4.69) is 13.8 Å². The predicted octanol–water partition coefficient (Wildman–Crippen LogP) is 1.17. The van der Waals surface area contributed by atoms with Gasteiger partial charge in [-0.3, -0.25) is 0 Å². The number of unbranched alkanes of at least 4 members (excludes halogenated alkanes) is 1. The molecule has 0 bridgehead atoms. The molecule has 0 fully saturated rings. The Bertz CT molecular complexity index is 26.1. The van der Waals surface area contributed by atoms with Gasteiger partial charge >= 0.3 is 0 Å². The summed E-state index contributed by atoms with van der Waals surface area (Å²) in [4.78, 5) is 0. The molecule has 2 nitrogen and oxygen atoms in total. The van der Waals surface area contributed by atoms with Crippen LogP contribution in [0.25, 0.3) is 0 Å². The quantitative estimate of drug-likeness (QED) is 0.608. The smallest absolute Gasteiger partial charge is 0.0452 e. The lowest BCUT2D eigenvalue weighted by Crippen LogP contribution is -1.85. The zero-order chi connectivity index (χ0) is 7.54. The molecule has 2 N–H and O–H groups in total. The van der Waals surface area contributed by atoms with Crippen LogP contribution in [-0.4, -0.2) is 23.4 Å². The molecule has 0 heterocycles. The van der Waals surface area contributed by atoms with Crippen molar-refractivity contribution < 1.29 is 10.2 Å². The third-order valence-electron chi connectivity index (χ3n) is 0.816. The summed E-state index contributed by atoms with van der Waals surface area (Å²) in [6.07, 6.45) is 3.14.